The molecule has 1 aliphatic heterocycles. The molecule has 4 nitrogen and oxygen atoms in total. The number of rotatable bonds is 5. The third kappa shape index (κ3) is 5.55. The van der Waals surface area contributed by atoms with Crippen LogP contribution in [0.15, 0.2) is 24.3 Å². The van der Waals surface area contributed by atoms with Gasteiger partial charge < -0.3 is 10.2 Å². The van der Waals surface area contributed by atoms with Gasteiger partial charge in [-0.3, -0.25) is 9.59 Å². The van der Waals surface area contributed by atoms with Crippen LogP contribution in [-0.2, 0) is 10.5 Å². The van der Waals surface area contributed by atoms with E-state index in [1.165, 1.54) is 0 Å². The van der Waals surface area contributed by atoms with E-state index in [-0.39, 0.29) is 22.6 Å². The van der Waals surface area contributed by atoms with Crippen molar-refractivity contribution in [1.29, 1.82) is 0 Å². The molecule has 2 amide bonds. The molecule has 1 atom stereocenters. The van der Waals surface area contributed by atoms with E-state index in [1.807, 2.05) is 56.9 Å². The Kier molecular flexibility index (Phi) is 6.33. The molecule has 0 aromatic heterocycles. The Morgan fingerprint density at radius 3 is 2.29 bits per heavy atom. The molecule has 0 saturated carbocycles. The SMILES string of the molecule is C[C@H](SCc1ccc(C(=O)N2CCCC2)cc1)C(=O)NC(C)(C)C. The number of thioether (sulfide) groups is 1. The summed E-state index contributed by atoms with van der Waals surface area (Å²) in [5.41, 5.74) is 1.68. The summed E-state index contributed by atoms with van der Waals surface area (Å²) >= 11 is 1.61. The standard InChI is InChI=1S/C19H28N2O2S/c1-14(17(22)20-19(2,3)4)24-13-15-7-9-16(10-8-15)18(23)21-11-5-6-12-21/h7-10,14H,5-6,11-13H2,1-4H3,(H,20,22)/t14-/m0/s1. The number of nitrogens with one attached hydrogen (secondary N) is 1. The lowest BCUT2D eigenvalue weighted by molar-refractivity contribution is -0.121. The first-order valence-electron chi connectivity index (χ1n) is 8.58. The molecule has 1 aromatic carbocycles. The number of amides is 2. The first-order valence-corrected chi connectivity index (χ1v) is 9.63. The number of likely N-dealkylation sites (tertiary alicyclic amines) is 1. The van der Waals surface area contributed by atoms with Crippen LogP contribution >= 0.6 is 11.8 Å². The number of nitrogens with zero attached hydrogens (tertiary/aromatic N) is 1. The highest BCUT2D eigenvalue weighted by Gasteiger charge is 2.20. The number of carbonyl (C=O) groups excluding carboxylic acids is 2. The molecule has 1 aliphatic rings. The van der Waals surface area contributed by atoms with Crippen LogP contribution in [0.4, 0.5) is 0 Å². The Balaban J connectivity index is 1.85. The topological polar surface area (TPSA) is 49.4 Å². The summed E-state index contributed by atoms with van der Waals surface area (Å²) in [6, 6.07) is 7.78. The van der Waals surface area contributed by atoms with Gasteiger partial charge in [0.15, 0.2) is 0 Å². The maximum Gasteiger partial charge on any atom is 0.253 e. The summed E-state index contributed by atoms with van der Waals surface area (Å²) in [6.07, 6.45) is 2.21. The lowest BCUT2D eigenvalue weighted by atomic mass is 10.1. The zero-order chi connectivity index (χ0) is 17.7. The monoisotopic (exact) mass is 348 g/mol. The van der Waals surface area contributed by atoms with E-state index in [4.69, 9.17) is 0 Å². The van der Waals surface area contributed by atoms with Crippen LogP contribution in [0.1, 0.15) is 56.5 Å². The molecule has 132 valence electrons. The van der Waals surface area contributed by atoms with Crippen LogP contribution in [0.2, 0.25) is 0 Å². The van der Waals surface area contributed by atoms with Crippen molar-refractivity contribution in [3.63, 3.8) is 0 Å². The minimum Gasteiger partial charge on any atom is -0.351 e. The molecule has 0 bridgehead atoms. The summed E-state index contributed by atoms with van der Waals surface area (Å²) in [5, 5.41) is 2.90. The predicted octanol–water partition coefficient (Wildman–Crippen LogP) is 3.46. The molecular formula is C19H28N2O2S. The highest BCUT2D eigenvalue weighted by Crippen LogP contribution is 2.20. The van der Waals surface area contributed by atoms with Gasteiger partial charge in [-0.05, 0) is 58.2 Å². The highest BCUT2D eigenvalue weighted by molar-refractivity contribution is 7.99. The first-order chi connectivity index (χ1) is 11.3. The van der Waals surface area contributed by atoms with Crippen LogP contribution in [-0.4, -0.2) is 40.6 Å². The third-order valence-electron chi connectivity index (χ3n) is 3.96. The fraction of sp³-hybridized carbons (Fsp3) is 0.579. The zero-order valence-electron chi connectivity index (χ0n) is 15.1. The minimum absolute atomic E-state index is 0.0633. The second kappa shape index (κ2) is 8.06. The van der Waals surface area contributed by atoms with Crippen LogP contribution in [0.5, 0.6) is 0 Å². The van der Waals surface area contributed by atoms with Gasteiger partial charge >= 0.3 is 0 Å². The third-order valence-corrected chi connectivity index (χ3v) is 5.18. The summed E-state index contributed by atoms with van der Waals surface area (Å²) in [5.74, 6) is 0.953. The van der Waals surface area contributed by atoms with Crippen molar-refractivity contribution in [2.45, 2.75) is 57.1 Å². The van der Waals surface area contributed by atoms with Crippen molar-refractivity contribution in [2.24, 2.45) is 0 Å². The average molecular weight is 349 g/mol. The van der Waals surface area contributed by atoms with Crippen molar-refractivity contribution < 1.29 is 9.59 Å². The smallest absolute Gasteiger partial charge is 0.253 e. The quantitative estimate of drug-likeness (QED) is 0.886. The lowest BCUT2D eigenvalue weighted by Crippen LogP contribution is -2.44. The highest BCUT2D eigenvalue weighted by atomic mass is 32.2. The van der Waals surface area contributed by atoms with Crippen LogP contribution in [0.25, 0.3) is 0 Å². The van der Waals surface area contributed by atoms with Gasteiger partial charge in [0, 0.05) is 29.9 Å². The van der Waals surface area contributed by atoms with Crippen LogP contribution in [0, 0.1) is 0 Å². The molecule has 2 rings (SSSR count). The zero-order valence-corrected chi connectivity index (χ0v) is 15.9. The Bertz CT molecular complexity index is 572. The van der Waals surface area contributed by atoms with Gasteiger partial charge in [0.1, 0.15) is 0 Å². The van der Waals surface area contributed by atoms with Gasteiger partial charge in [-0.15, -0.1) is 11.8 Å². The lowest BCUT2D eigenvalue weighted by Gasteiger charge is -2.23. The Labute approximate surface area is 149 Å². The molecule has 1 aromatic rings. The fourth-order valence-electron chi connectivity index (χ4n) is 2.61. The molecule has 1 saturated heterocycles. The number of carbonyl (C=O) groups is 2. The Hall–Kier alpha value is -1.49. The second-order valence-corrected chi connectivity index (χ2v) is 8.72. The molecule has 1 N–H and O–H groups in total. The van der Waals surface area contributed by atoms with Gasteiger partial charge in [-0.1, -0.05) is 12.1 Å². The second-order valence-electron chi connectivity index (χ2n) is 7.39. The molecule has 1 fully saturated rings. The molecule has 0 radical (unpaired) electrons. The maximum atomic E-state index is 12.3. The molecular weight excluding hydrogens is 320 g/mol. The summed E-state index contributed by atoms with van der Waals surface area (Å²) in [6.45, 7) is 9.62. The normalized spacial score (nSPS) is 16.1. The van der Waals surface area contributed by atoms with E-state index in [0.717, 1.165) is 42.8 Å². The van der Waals surface area contributed by atoms with E-state index in [9.17, 15) is 9.59 Å². The number of hydrogen-bond acceptors (Lipinski definition) is 3. The minimum atomic E-state index is -0.205. The number of benzene rings is 1. The van der Waals surface area contributed by atoms with Crippen molar-refractivity contribution >= 4 is 23.6 Å². The van der Waals surface area contributed by atoms with E-state index in [1.54, 1.807) is 11.8 Å². The van der Waals surface area contributed by atoms with E-state index in [2.05, 4.69) is 5.32 Å². The number of hydrogen-bond donors (Lipinski definition) is 1. The van der Waals surface area contributed by atoms with Crippen molar-refractivity contribution in [3.8, 4) is 0 Å². The van der Waals surface area contributed by atoms with Gasteiger partial charge in [0.2, 0.25) is 5.91 Å². The van der Waals surface area contributed by atoms with Gasteiger partial charge in [-0.25, -0.2) is 0 Å². The summed E-state index contributed by atoms with van der Waals surface area (Å²) < 4.78 is 0. The van der Waals surface area contributed by atoms with Crippen LogP contribution in [0.3, 0.4) is 0 Å². The predicted molar refractivity (Wildman–Crippen MR) is 100 cm³/mol. The largest absolute Gasteiger partial charge is 0.351 e. The fourth-order valence-corrected chi connectivity index (χ4v) is 3.46. The Morgan fingerprint density at radius 1 is 1.17 bits per heavy atom. The van der Waals surface area contributed by atoms with Gasteiger partial charge in [0.05, 0.1) is 5.25 Å². The molecule has 5 heteroatoms. The Morgan fingerprint density at radius 2 is 1.75 bits per heavy atom. The summed E-state index contributed by atoms with van der Waals surface area (Å²) in [4.78, 5) is 26.3. The molecule has 1 heterocycles. The van der Waals surface area contributed by atoms with Gasteiger partial charge in [-0.2, -0.15) is 0 Å². The van der Waals surface area contributed by atoms with Gasteiger partial charge in [0.25, 0.3) is 5.91 Å². The van der Waals surface area contributed by atoms with E-state index < -0.39 is 0 Å². The van der Waals surface area contributed by atoms with E-state index in [0.29, 0.717) is 0 Å². The van der Waals surface area contributed by atoms with Crippen molar-refractivity contribution in [3.05, 3.63) is 35.4 Å². The maximum absolute atomic E-state index is 12.3. The molecule has 24 heavy (non-hydrogen) atoms. The van der Waals surface area contributed by atoms with E-state index >= 15 is 0 Å². The molecule has 0 unspecified atom stereocenters. The van der Waals surface area contributed by atoms with Crippen molar-refractivity contribution in [2.75, 3.05) is 13.1 Å². The first kappa shape index (κ1) is 18.8. The molecule has 0 spiro atoms. The average Bonchev–Trinajstić information content (AvgIpc) is 3.05. The summed E-state index contributed by atoms with van der Waals surface area (Å²) in [7, 11) is 0. The van der Waals surface area contributed by atoms with Crippen molar-refractivity contribution in [1.82, 2.24) is 10.2 Å². The van der Waals surface area contributed by atoms with Crippen LogP contribution < -0.4 is 5.32 Å². The molecule has 0 aliphatic carbocycles.